The van der Waals surface area contributed by atoms with Crippen molar-refractivity contribution in [1.82, 2.24) is 4.57 Å². The lowest BCUT2D eigenvalue weighted by atomic mass is 9.83. The normalized spacial score (nSPS) is 19.3. The number of amides is 3. The van der Waals surface area contributed by atoms with Crippen molar-refractivity contribution in [2.75, 3.05) is 29.2 Å². The number of alkyl halides is 3. The molecule has 1 fully saturated rings. The summed E-state index contributed by atoms with van der Waals surface area (Å²) in [5.74, 6) is -3.92. The summed E-state index contributed by atoms with van der Waals surface area (Å²) in [5, 5.41) is 2.04. The van der Waals surface area contributed by atoms with Crippen molar-refractivity contribution in [2.24, 2.45) is 5.92 Å². The number of para-hydroxylation sites is 2. The largest absolute Gasteiger partial charge is 0.418 e. The fourth-order valence-corrected chi connectivity index (χ4v) is 8.56. The summed E-state index contributed by atoms with van der Waals surface area (Å²) in [7, 11) is 3.73. The zero-order valence-electron chi connectivity index (χ0n) is 24.3. The second-order valence-corrected chi connectivity index (χ2v) is 13.2. The second-order valence-electron chi connectivity index (χ2n) is 11.0. The minimum absolute atomic E-state index is 0.347. The van der Waals surface area contributed by atoms with E-state index in [0.29, 0.717) is 26.1 Å². The zero-order chi connectivity index (χ0) is 32.2. The number of fused-ring (bicyclic) bond motifs is 2. The van der Waals surface area contributed by atoms with Crippen LogP contribution in [-0.4, -0.2) is 41.6 Å². The maximum Gasteiger partial charge on any atom is 0.418 e. The van der Waals surface area contributed by atoms with Gasteiger partial charge in [-0.25, -0.2) is 4.90 Å². The lowest BCUT2D eigenvalue weighted by Crippen LogP contribution is -2.33. The lowest BCUT2D eigenvalue weighted by Gasteiger charge is -2.31. The van der Waals surface area contributed by atoms with Crippen molar-refractivity contribution in [3.63, 3.8) is 0 Å². The average Bonchev–Trinajstić information content (AvgIpc) is 3.44. The Hall–Kier alpha value is -4.36. The Morgan fingerprint density at radius 3 is 2.27 bits per heavy atom. The topological polar surface area (TPSA) is 91.7 Å². The first-order valence-electron chi connectivity index (χ1n) is 13.9. The van der Waals surface area contributed by atoms with E-state index in [0.717, 1.165) is 46.5 Å². The highest BCUT2D eigenvalue weighted by Gasteiger charge is 2.57. The summed E-state index contributed by atoms with van der Waals surface area (Å²) in [6, 6.07) is 18.9. The molecule has 2 aliphatic heterocycles. The van der Waals surface area contributed by atoms with Crippen molar-refractivity contribution in [3.05, 3.63) is 104 Å². The fraction of sp³-hybridized carbons (Fsp3) is 0.250. The molecule has 232 valence electrons. The van der Waals surface area contributed by atoms with Crippen LogP contribution >= 0.6 is 23.1 Å². The molecule has 0 aliphatic carbocycles. The number of nitrogens with one attached hydrogen (secondary N) is 1. The molecule has 0 spiro atoms. The first-order chi connectivity index (χ1) is 21.4. The Morgan fingerprint density at radius 2 is 1.60 bits per heavy atom. The minimum atomic E-state index is -4.80. The number of thioether (sulfide) groups is 1. The molecule has 0 radical (unpaired) electrons. The fourth-order valence-electron chi connectivity index (χ4n) is 5.79. The Bertz CT molecular complexity index is 1880. The van der Waals surface area contributed by atoms with E-state index < -0.39 is 57.1 Å². The minimum Gasteiger partial charge on any atom is -0.378 e. The summed E-state index contributed by atoms with van der Waals surface area (Å²) in [5.41, 5.74) is 1.29. The smallest absolute Gasteiger partial charge is 0.378 e. The van der Waals surface area contributed by atoms with Gasteiger partial charge in [-0.05, 0) is 48.4 Å². The third-order valence-electron chi connectivity index (χ3n) is 7.99. The quantitative estimate of drug-likeness (QED) is 0.268. The lowest BCUT2D eigenvalue weighted by molar-refractivity contribution is -0.137. The SMILES string of the molecule is Cc1ccccc1NC(=O)Cn1c2c(sc1=O)[C@@H](c1ccc(N(C)C)cc1)[C@@H]1C(=O)N(c3ccccc3C(F)(F)F)C(=O)[C@@H]1S2. The summed E-state index contributed by atoms with van der Waals surface area (Å²) in [6.45, 7) is 1.49. The molecule has 1 N–H and O–H groups in total. The Kier molecular flexibility index (Phi) is 7.86. The number of nitrogens with zero attached hydrogens (tertiary/aromatic N) is 3. The molecule has 8 nitrogen and oxygen atoms in total. The van der Waals surface area contributed by atoms with E-state index >= 15 is 0 Å². The van der Waals surface area contributed by atoms with Crippen LogP contribution in [0.3, 0.4) is 0 Å². The van der Waals surface area contributed by atoms with Crippen LogP contribution in [0.4, 0.5) is 30.2 Å². The molecule has 1 saturated heterocycles. The van der Waals surface area contributed by atoms with Crippen LogP contribution in [0.1, 0.15) is 27.5 Å². The molecule has 3 amide bonds. The second kappa shape index (κ2) is 11.5. The van der Waals surface area contributed by atoms with Crippen LogP contribution in [0.2, 0.25) is 0 Å². The number of halogens is 3. The number of benzene rings is 3. The van der Waals surface area contributed by atoms with Gasteiger partial charge in [-0.1, -0.05) is 65.6 Å². The van der Waals surface area contributed by atoms with Gasteiger partial charge in [0.05, 0.1) is 22.2 Å². The van der Waals surface area contributed by atoms with Gasteiger partial charge in [0.15, 0.2) is 0 Å². The summed E-state index contributed by atoms with van der Waals surface area (Å²) in [6.07, 6.45) is -4.80. The molecule has 0 bridgehead atoms. The molecule has 0 unspecified atom stereocenters. The summed E-state index contributed by atoms with van der Waals surface area (Å²) >= 11 is 1.82. The molecule has 45 heavy (non-hydrogen) atoms. The molecule has 3 heterocycles. The van der Waals surface area contributed by atoms with Gasteiger partial charge in [-0.2, -0.15) is 13.2 Å². The molecule has 0 saturated carbocycles. The Morgan fingerprint density at radius 1 is 0.933 bits per heavy atom. The van der Waals surface area contributed by atoms with Crippen LogP contribution in [0.15, 0.2) is 82.6 Å². The van der Waals surface area contributed by atoms with E-state index in [-0.39, 0.29) is 6.54 Å². The van der Waals surface area contributed by atoms with Crippen molar-refractivity contribution in [1.29, 1.82) is 0 Å². The Labute approximate surface area is 264 Å². The number of anilines is 3. The van der Waals surface area contributed by atoms with Crippen molar-refractivity contribution >= 4 is 57.9 Å². The molecule has 6 rings (SSSR count). The molecule has 3 atom stereocenters. The van der Waals surface area contributed by atoms with Gasteiger partial charge in [0.2, 0.25) is 17.7 Å². The number of thiazole rings is 1. The van der Waals surface area contributed by atoms with E-state index in [1.807, 2.05) is 50.2 Å². The molecule has 3 aromatic carbocycles. The van der Waals surface area contributed by atoms with Crippen LogP contribution in [0.25, 0.3) is 0 Å². The van der Waals surface area contributed by atoms with Gasteiger partial charge in [-0.3, -0.25) is 23.7 Å². The number of aromatic nitrogens is 1. The van der Waals surface area contributed by atoms with Crippen LogP contribution in [0.5, 0.6) is 0 Å². The predicted octanol–water partition coefficient (Wildman–Crippen LogP) is 5.74. The molecule has 13 heteroatoms. The van der Waals surface area contributed by atoms with Gasteiger partial charge in [0.1, 0.15) is 11.8 Å². The van der Waals surface area contributed by atoms with E-state index in [4.69, 9.17) is 0 Å². The number of imide groups is 1. The van der Waals surface area contributed by atoms with E-state index in [1.165, 1.54) is 16.7 Å². The maximum atomic E-state index is 14.1. The summed E-state index contributed by atoms with van der Waals surface area (Å²) in [4.78, 5) is 57.1. The number of aryl methyl sites for hydroxylation is 1. The molecular formula is C32H27F3N4O4S2. The standard InChI is InChI=1S/C32H27F3N4O4S2/c1-17-8-4-6-10-21(17)36-23(40)16-38-30-27(45-31(38)43)24(18-12-14-19(15-13-18)37(2)3)25-26(44-30)29(42)39(28(25)41)22-11-7-5-9-20(22)32(33,34)35/h4-15,24-26H,16H2,1-3H3,(H,36,40)/t24-,25-,26+/m0/s1. The third kappa shape index (κ3) is 5.44. The number of hydrogen-bond acceptors (Lipinski definition) is 7. The van der Waals surface area contributed by atoms with Crippen molar-refractivity contribution in [3.8, 4) is 0 Å². The first-order valence-corrected chi connectivity index (χ1v) is 15.6. The number of hydrogen-bond donors (Lipinski definition) is 1. The van der Waals surface area contributed by atoms with Gasteiger partial charge in [0.25, 0.3) is 0 Å². The highest BCUT2D eigenvalue weighted by Crippen LogP contribution is 2.54. The molecule has 4 aromatic rings. The highest BCUT2D eigenvalue weighted by atomic mass is 32.2. The van der Waals surface area contributed by atoms with Crippen LogP contribution < -0.4 is 20.0 Å². The van der Waals surface area contributed by atoms with Gasteiger partial charge >= 0.3 is 11.0 Å². The van der Waals surface area contributed by atoms with E-state index in [2.05, 4.69) is 5.32 Å². The monoisotopic (exact) mass is 652 g/mol. The molecule has 2 aliphatic rings. The van der Waals surface area contributed by atoms with Gasteiger partial charge in [0, 0.05) is 36.3 Å². The maximum absolute atomic E-state index is 14.1. The highest BCUT2D eigenvalue weighted by molar-refractivity contribution is 8.00. The average molecular weight is 653 g/mol. The molecule has 1 aromatic heterocycles. The third-order valence-corrected chi connectivity index (χ3v) is 10.6. The number of carbonyl (C=O) groups is 3. The van der Waals surface area contributed by atoms with Gasteiger partial charge in [-0.15, -0.1) is 0 Å². The number of carbonyl (C=O) groups excluding carboxylic acids is 3. The van der Waals surface area contributed by atoms with Gasteiger partial charge < -0.3 is 10.2 Å². The van der Waals surface area contributed by atoms with Crippen molar-refractivity contribution in [2.45, 2.75) is 35.8 Å². The predicted molar refractivity (Wildman–Crippen MR) is 168 cm³/mol. The zero-order valence-corrected chi connectivity index (χ0v) is 25.9. The van der Waals surface area contributed by atoms with E-state index in [1.54, 1.807) is 24.3 Å². The number of rotatable bonds is 6. The molecular weight excluding hydrogens is 626 g/mol. The van der Waals surface area contributed by atoms with Crippen molar-refractivity contribution < 1.29 is 27.6 Å². The van der Waals surface area contributed by atoms with E-state index in [9.17, 15) is 32.3 Å². The Balaban J connectivity index is 1.44. The summed E-state index contributed by atoms with van der Waals surface area (Å²) < 4.78 is 43.3. The van der Waals surface area contributed by atoms with Crippen LogP contribution in [0, 0.1) is 12.8 Å². The van der Waals surface area contributed by atoms with Crippen LogP contribution in [-0.2, 0) is 27.1 Å². The first kappa shape index (κ1) is 30.7.